The number of hydrogen-bond acceptors (Lipinski definition) is 3. The monoisotopic (exact) mass is 423 g/mol. The molecule has 1 heterocycles. The molecule has 0 radical (unpaired) electrons. The van der Waals surface area contributed by atoms with E-state index in [-0.39, 0.29) is 5.75 Å². The number of halogens is 3. The molecule has 0 saturated heterocycles. The molecule has 156 valence electrons. The number of rotatable bonds is 5. The summed E-state index contributed by atoms with van der Waals surface area (Å²) in [4.78, 5) is 19.4. The van der Waals surface area contributed by atoms with Crippen LogP contribution in [-0.4, -0.2) is 22.2 Å². The lowest BCUT2D eigenvalue weighted by molar-refractivity contribution is -0.274. The summed E-state index contributed by atoms with van der Waals surface area (Å²) in [5.41, 5.74) is 9.61. The zero-order valence-corrected chi connectivity index (χ0v) is 16.0. The number of ether oxygens (including phenoxy) is 1. The normalized spacial score (nSPS) is 11.8. The molecule has 3 N–H and O–H groups in total. The molecule has 1 aromatic heterocycles. The van der Waals surface area contributed by atoms with E-state index in [2.05, 4.69) is 14.7 Å². The second kappa shape index (κ2) is 7.98. The van der Waals surface area contributed by atoms with E-state index in [9.17, 15) is 18.0 Å². The fourth-order valence-electron chi connectivity index (χ4n) is 3.18. The minimum atomic E-state index is -4.72. The van der Waals surface area contributed by atoms with Crippen molar-refractivity contribution in [2.45, 2.75) is 6.36 Å². The van der Waals surface area contributed by atoms with Gasteiger partial charge in [-0.2, -0.15) is 0 Å². The van der Waals surface area contributed by atoms with Crippen molar-refractivity contribution in [2.75, 3.05) is 0 Å². The van der Waals surface area contributed by atoms with Gasteiger partial charge in [0.25, 0.3) is 0 Å². The van der Waals surface area contributed by atoms with Gasteiger partial charge in [0.1, 0.15) is 11.6 Å². The molecule has 5 nitrogen and oxygen atoms in total. The van der Waals surface area contributed by atoms with Crippen molar-refractivity contribution in [3.05, 3.63) is 83.7 Å². The number of H-pyrrole nitrogens is 1. The van der Waals surface area contributed by atoms with Gasteiger partial charge in [-0.05, 0) is 53.1 Å². The van der Waals surface area contributed by atoms with Crippen molar-refractivity contribution in [3.8, 4) is 16.9 Å². The third-order valence-corrected chi connectivity index (χ3v) is 4.55. The number of nitrogens with one attached hydrogen (secondary N) is 1. The number of imidazole rings is 1. The number of benzene rings is 3. The molecule has 0 spiro atoms. The number of aromatic nitrogens is 2. The van der Waals surface area contributed by atoms with Gasteiger partial charge in [-0.3, -0.25) is 4.79 Å². The van der Waals surface area contributed by atoms with Crippen LogP contribution >= 0.6 is 0 Å². The van der Waals surface area contributed by atoms with Crippen LogP contribution in [0.1, 0.15) is 21.7 Å². The van der Waals surface area contributed by atoms with Crippen LogP contribution in [0.4, 0.5) is 13.2 Å². The first-order valence-electron chi connectivity index (χ1n) is 9.21. The molecule has 3 aromatic carbocycles. The molecule has 0 atom stereocenters. The average Bonchev–Trinajstić information content (AvgIpc) is 3.14. The first kappa shape index (κ1) is 20.2. The van der Waals surface area contributed by atoms with E-state index < -0.39 is 12.3 Å². The number of nitrogens with zero attached hydrogens (tertiary/aromatic N) is 1. The number of aromatic amines is 1. The number of carbonyl (C=O) groups excluding carboxylic acids is 1. The number of carbonyl (C=O) groups is 1. The lowest BCUT2D eigenvalue weighted by Crippen LogP contribution is -2.16. The molecule has 0 unspecified atom stereocenters. The van der Waals surface area contributed by atoms with Gasteiger partial charge in [-0.15, -0.1) is 13.2 Å². The van der Waals surface area contributed by atoms with Crippen LogP contribution < -0.4 is 10.5 Å². The average molecular weight is 423 g/mol. The Morgan fingerprint density at radius 3 is 2.45 bits per heavy atom. The maximum absolute atomic E-state index is 12.2. The minimum Gasteiger partial charge on any atom is -0.406 e. The molecule has 0 fully saturated rings. The molecule has 1 amide bonds. The summed E-state index contributed by atoms with van der Waals surface area (Å²) in [6.45, 7) is 0. The number of amides is 1. The predicted molar refractivity (Wildman–Crippen MR) is 112 cm³/mol. The summed E-state index contributed by atoms with van der Waals surface area (Å²) >= 11 is 0. The molecule has 0 saturated carbocycles. The second-order valence-corrected chi connectivity index (χ2v) is 6.71. The van der Waals surface area contributed by atoms with E-state index in [4.69, 9.17) is 5.73 Å². The van der Waals surface area contributed by atoms with E-state index in [0.717, 1.165) is 16.6 Å². The third-order valence-electron chi connectivity index (χ3n) is 4.55. The highest BCUT2D eigenvalue weighted by Crippen LogP contribution is 2.27. The largest absolute Gasteiger partial charge is 0.573 e. The van der Waals surface area contributed by atoms with Crippen LogP contribution in [0.15, 0.2) is 66.7 Å². The molecule has 4 aromatic rings. The summed E-state index contributed by atoms with van der Waals surface area (Å²) in [5, 5.41) is 0. The number of nitrogens with two attached hydrogens (primary N) is 1. The standard InChI is InChI=1S/C23H16F3N3O2/c24-23(25,26)31-16-9-5-14(6-10-16)7-12-21-28-19-11-8-15(13-20(19)29-21)17-3-1-2-4-18(17)22(27)30/h1-13H,(H2,27,30)(H,28,29). The molecule has 0 aliphatic heterocycles. The summed E-state index contributed by atoms with van der Waals surface area (Å²) in [7, 11) is 0. The Balaban J connectivity index is 1.57. The van der Waals surface area contributed by atoms with E-state index in [0.29, 0.717) is 22.5 Å². The van der Waals surface area contributed by atoms with Crippen molar-refractivity contribution in [3.63, 3.8) is 0 Å². The topological polar surface area (TPSA) is 81.0 Å². The molecule has 0 aliphatic carbocycles. The molecule has 8 heteroatoms. The van der Waals surface area contributed by atoms with Crippen molar-refractivity contribution in [2.24, 2.45) is 5.73 Å². The van der Waals surface area contributed by atoms with Crippen LogP contribution in [0.25, 0.3) is 34.3 Å². The maximum atomic E-state index is 12.2. The smallest absolute Gasteiger partial charge is 0.406 e. The SMILES string of the molecule is NC(=O)c1ccccc1-c1ccc2[nH]c(C=Cc3ccc(OC(F)(F)F)cc3)nc2c1. The second-order valence-electron chi connectivity index (χ2n) is 6.71. The number of alkyl halides is 3. The van der Waals surface area contributed by atoms with Gasteiger partial charge in [0.2, 0.25) is 5.91 Å². The van der Waals surface area contributed by atoms with Crippen LogP contribution in [0.2, 0.25) is 0 Å². The van der Waals surface area contributed by atoms with Crippen molar-refractivity contribution in [1.29, 1.82) is 0 Å². The minimum absolute atomic E-state index is 0.280. The lowest BCUT2D eigenvalue weighted by atomic mass is 9.99. The van der Waals surface area contributed by atoms with Gasteiger partial charge in [-0.25, -0.2) is 4.98 Å². The Kier molecular flexibility index (Phi) is 5.21. The van der Waals surface area contributed by atoms with E-state index in [1.807, 2.05) is 30.3 Å². The van der Waals surface area contributed by atoms with Gasteiger partial charge in [0.05, 0.1) is 11.0 Å². The van der Waals surface area contributed by atoms with Crippen LogP contribution in [0, 0.1) is 0 Å². The molecular weight excluding hydrogens is 407 g/mol. The number of primary amides is 1. The van der Waals surface area contributed by atoms with E-state index >= 15 is 0 Å². The van der Waals surface area contributed by atoms with Gasteiger partial charge >= 0.3 is 6.36 Å². The molecule has 4 rings (SSSR count). The predicted octanol–water partition coefficient (Wildman–Crippen LogP) is 5.40. The summed E-state index contributed by atoms with van der Waals surface area (Å²) < 4.78 is 40.6. The van der Waals surface area contributed by atoms with Crippen molar-refractivity contribution >= 4 is 29.1 Å². The highest BCUT2D eigenvalue weighted by molar-refractivity contribution is 6.00. The first-order chi connectivity index (χ1) is 14.8. The Morgan fingerprint density at radius 2 is 1.74 bits per heavy atom. The van der Waals surface area contributed by atoms with Gasteiger partial charge in [-0.1, -0.05) is 42.5 Å². The zero-order valence-electron chi connectivity index (χ0n) is 16.0. The zero-order chi connectivity index (χ0) is 22.0. The maximum Gasteiger partial charge on any atom is 0.573 e. The highest BCUT2D eigenvalue weighted by Gasteiger charge is 2.30. The van der Waals surface area contributed by atoms with Gasteiger partial charge < -0.3 is 15.5 Å². The molecule has 0 aliphatic rings. The van der Waals surface area contributed by atoms with Crippen LogP contribution in [-0.2, 0) is 0 Å². The molecule has 31 heavy (non-hydrogen) atoms. The number of fused-ring (bicyclic) bond motifs is 1. The molecular formula is C23H16F3N3O2. The van der Waals surface area contributed by atoms with E-state index in [1.54, 1.807) is 24.3 Å². The Bertz CT molecular complexity index is 1280. The summed E-state index contributed by atoms with van der Waals surface area (Å²) in [6.07, 6.45) is -1.28. The summed E-state index contributed by atoms with van der Waals surface area (Å²) in [6, 6.07) is 18.2. The first-order valence-corrected chi connectivity index (χ1v) is 9.21. The van der Waals surface area contributed by atoms with Crippen LogP contribution in [0.3, 0.4) is 0 Å². The Hall–Kier alpha value is -4.07. The van der Waals surface area contributed by atoms with Gasteiger partial charge in [0, 0.05) is 5.56 Å². The Morgan fingerprint density at radius 1 is 1.00 bits per heavy atom. The van der Waals surface area contributed by atoms with Crippen molar-refractivity contribution in [1.82, 2.24) is 9.97 Å². The van der Waals surface area contributed by atoms with Gasteiger partial charge in [0.15, 0.2) is 0 Å². The fraction of sp³-hybridized carbons (Fsp3) is 0.0435. The third kappa shape index (κ3) is 4.75. The Labute approximate surface area is 175 Å². The highest BCUT2D eigenvalue weighted by atomic mass is 19.4. The molecule has 0 bridgehead atoms. The number of hydrogen-bond donors (Lipinski definition) is 2. The summed E-state index contributed by atoms with van der Waals surface area (Å²) in [5.74, 6) is -0.212. The fourth-order valence-corrected chi connectivity index (χ4v) is 3.18. The van der Waals surface area contributed by atoms with Crippen LogP contribution in [0.5, 0.6) is 5.75 Å². The van der Waals surface area contributed by atoms with E-state index in [1.165, 1.54) is 24.3 Å². The lowest BCUT2D eigenvalue weighted by Gasteiger charge is -2.08. The van der Waals surface area contributed by atoms with Crippen molar-refractivity contribution < 1.29 is 22.7 Å². The quantitative estimate of drug-likeness (QED) is 0.451.